The van der Waals surface area contributed by atoms with Crippen LogP contribution in [0.1, 0.15) is 16.8 Å². The molecule has 0 fully saturated rings. The Labute approximate surface area is 187 Å². The molecule has 2 amide bonds. The first-order chi connectivity index (χ1) is 14.6. The summed E-state index contributed by atoms with van der Waals surface area (Å²) in [4.78, 5) is 26.8. The first-order valence-corrected chi connectivity index (χ1v) is 10.9. The van der Waals surface area contributed by atoms with E-state index in [0.717, 1.165) is 15.0 Å². The van der Waals surface area contributed by atoms with Crippen molar-refractivity contribution in [3.05, 3.63) is 64.6 Å². The predicted molar refractivity (Wildman–Crippen MR) is 121 cm³/mol. The predicted octanol–water partition coefficient (Wildman–Crippen LogP) is 4.09. The van der Waals surface area contributed by atoms with Gasteiger partial charge in [0.15, 0.2) is 0 Å². The maximum absolute atomic E-state index is 12.8. The maximum Gasteiger partial charge on any atom is 0.253 e. The van der Waals surface area contributed by atoms with Gasteiger partial charge < -0.3 is 15.0 Å². The molecule has 0 aliphatic carbocycles. The maximum atomic E-state index is 12.8. The van der Waals surface area contributed by atoms with Crippen molar-refractivity contribution in [3.8, 4) is 10.6 Å². The molecule has 0 atom stereocenters. The molecule has 7 nitrogen and oxygen atoms in total. The molecule has 0 unspecified atom stereocenters. The summed E-state index contributed by atoms with van der Waals surface area (Å²) in [5.74, 6) is -0.376. The Kier molecular flexibility index (Phi) is 8.06. The molecule has 3 rings (SSSR count). The first kappa shape index (κ1) is 22.1. The van der Waals surface area contributed by atoms with Gasteiger partial charge in [0.1, 0.15) is 5.01 Å². The Bertz CT molecular complexity index is 997. The summed E-state index contributed by atoms with van der Waals surface area (Å²) in [6.45, 7) is 1.05. The van der Waals surface area contributed by atoms with Crippen LogP contribution >= 0.6 is 27.3 Å². The fourth-order valence-corrected chi connectivity index (χ4v) is 3.87. The topological polar surface area (TPSA) is 84.4 Å². The van der Waals surface area contributed by atoms with E-state index in [9.17, 15) is 9.59 Å². The molecule has 0 spiro atoms. The molecule has 0 saturated carbocycles. The second kappa shape index (κ2) is 11.0. The number of anilines is 1. The zero-order chi connectivity index (χ0) is 21.3. The average molecular weight is 489 g/mol. The van der Waals surface area contributed by atoms with Crippen molar-refractivity contribution >= 4 is 44.2 Å². The largest absolute Gasteiger partial charge is 0.383 e. The minimum absolute atomic E-state index is 0.143. The lowest BCUT2D eigenvalue weighted by Crippen LogP contribution is -2.36. The van der Waals surface area contributed by atoms with Gasteiger partial charge in [0.05, 0.1) is 6.61 Å². The summed E-state index contributed by atoms with van der Waals surface area (Å²) >= 11 is 4.69. The number of nitrogens with one attached hydrogen (secondary N) is 1. The van der Waals surface area contributed by atoms with E-state index in [2.05, 4.69) is 31.4 Å². The van der Waals surface area contributed by atoms with E-state index < -0.39 is 0 Å². The molecule has 1 aromatic heterocycles. The van der Waals surface area contributed by atoms with Gasteiger partial charge in [0.2, 0.25) is 11.0 Å². The van der Waals surface area contributed by atoms with Gasteiger partial charge in [-0.05, 0) is 18.2 Å². The molecule has 1 N–H and O–H groups in total. The molecule has 2 aromatic carbocycles. The molecule has 156 valence electrons. The third kappa shape index (κ3) is 6.19. The van der Waals surface area contributed by atoms with E-state index in [4.69, 9.17) is 4.74 Å². The van der Waals surface area contributed by atoms with Crippen molar-refractivity contribution in [3.63, 3.8) is 0 Å². The van der Waals surface area contributed by atoms with Crippen molar-refractivity contribution in [1.29, 1.82) is 0 Å². The van der Waals surface area contributed by atoms with E-state index in [1.807, 2.05) is 36.4 Å². The number of benzene rings is 2. The number of methoxy groups -OCH3 is 1. The molecule has 30 heavy (non-hydrogen) atoms. The molecule has 0 saturated heterocycles. The summed E-state index contributed by atoms with van der Waals surface area (Å²) in [6.07, 6.45) is 0.143. The second-order valence-corrected chi connectivity index (χ2v) is 8.27. The summed E-state index contributed by atoms with van der Waals surface area (Å²) in [7, 11) is 1.58. The molecule has 0 aliphatic heterocycles. The van der Waals surface area contributed by atoms with Gasteiger partial charge >= 0.3 is 0 Å². The minimum atomic E-state index is -0.227. The van der Waals surface area contributed by atoms with Gasteiger partial charge in [-0.3, -0.25) is 9.59 Å². The highest BCUT2D eigenvalue weighted by Gasteiger charge is 2.18. The van der Waals surface area contributed by atoms with Crippen molar-refractivity contribution in [1.82, 2.24) is 15.1 Å². The van der Waals surface area contributed by atoms with Gasteiger partial charge in [-0.2, -0.15) is 0 Å². The lowest BCUT2D eigenvalue weighted by atomic mass is 10.2. The molecule has 1 heterocycles. The van der Waals surface area contributed by atoms with Crippen molar-refractivity contribution in [2.45, 2.75) is 6.42 Å². The van der Waals surface area contributed by atoms with Crippen molar-refractivity contribution in [2.24, 2.45) is 0 Å². The molecule has 0 aliphatic rings. The number of nitrogens with zero attached hydrogens (tertiary/aromatic N) is 3. The number of ether oxygens (including phenoxy) is 1. The summed E-state index contributed by atoms with van der Waals surface area (Å²) in [5, 5.41) is 12.1. The zero-order valence-corrected chi connectivity index (χ0v) is 18.8. The molecule has 0 radical (unpaired) electrons. The lowest BCUT2D eigenvalue weighted by Gasteiger charge is -2.22. The number of aromatic nitrogens is 2. The van der Waals surface area contributed by atoms with Gasteiger partial charge in [0.25, 0.3) is 5.91 Å². The fraction of sp³-hybridized carbons (Fsp3) is 0.238. The van der Waals surface area contributed by atoms with Gasteiger partial charge in [0, 0.05) is 42.2 Å². The van der Waals surface area contributed by atoms with Crippen LogP contribution in [0.25, 0.3) is 10.6 Å². The van der Waals surface area contributed by atoms with Crippen LogP contribution in [0.4, 0.5) is 5.13 Å². The van der Waals surface area contributed by atoms with Crippen LogP contribution in [0.15, 0.2) is 59.1 Å². The number of hydrogen-bond acceptors (Lipinski definition) is 6. The number of amides is 2. The second-order valence-electron chi connectivity index (χ2n) is 6.37. The highest BCUT2D eigenvalue weighted by Crippen LogP contribution is 2.26. The van der Waals surface area contributed by atoms with Gasteiger partial charge in [-0.25, -0.2) is 0 Å². The Morgan fingerprint density at radius 3 is 2.63 bits per heavy atom. The lowest BCUT2D eigenvalue weighted by molar-refractivity contribution is -0.116. The standard InChI is InChI=1S/C21H21BrN4O3S/c1-29-13-12-26(20(28)16-8-5-9-17(22)14-16)11-10-18(27)23-21-25-24-19(30-21)15-6-3-2-4-7-15/h2-9,14H,10-13H2,1H3,(H,23,25,27). The molecular formula is C21H21BrN4O3S. The third-order valence-electron chi connectivity index (χ3n) is 4.22. The SMILES string of the molecule is COCCN(CCC(=O)Nc1nnc(-c2ccccc2)s1)C(=O)c1cccc(Br)c1. The molecular weight excluding hydrogens is 468 g/mol. The van der Waals surface area contributed by atoms with Crippen LogP contribution < -0.4 is 5.32 Å². The van der Waals surface area contributed by atoms with E-state index in [-0.39, 0.29) is 24.8 Å². The number of hydrogen-bond donors (Lipinski definition) is 1. The number of carbonyl (C=O) groups is 2. The normalized spacial score (nSPS) is 10.6. The van der Waals surface area contributed by atoms with E-state index in [0.29, 0.717) is 23.8 Å². The Morgan fingerprint density at radius 2 is 1.90 bits per heavy atom. The number of rotatable bonds is 9. The van der Waals surface area contributed by atoms with Crippen LogP contribution in [0.2, 0.25) is 0 Å². The van der Waals surface area contributed by atoms with Crippen LogP contribution in [0.5, 0.6) is 0 Å². The minimum Gasteiger partial charge on any atom is -0.383 e. The molecule has 3 aromatic rings. The van der Waals surface area contributed by atoms with Crippen molar-refractivity contribution < 1.29 is 14.3 Å². The Balaban J connectivity index is 1.59. The number of halogens is 1. The first-order valence-electron chi connectivity index (χ1n) is 9.29. The summed E-state index contributed by atoms with van der Waals surface area (Å²) in [6, 6.07) is 16.8. The molecule has 9 heteroatoms. The Hall–Kier alpha value is -2.62. The van der Waals surface area contributed by atoms with Gasteiger partial charge in [-0.15, -0.1) is 10.2 Å². The van der Waals surface area contributed by atoms with Crippen molar-refractivity contribution in [2.75, 3.05) is 32.1 Å². The van der Waals surface area contributed by atoms with E-state index in [1.165, 1.54) is 11.3 Å². The quantitative estimate of drug-likeness (QED) is 0.490. The smallest absolute Gasteiger partial charge is 0.253 e. The highest BCUT2D eigenvalue weighted by molar-refractivity contribution is 9.10. The van der Waals surface area contributed by atoms with Crippen LogP contribution in [-0.2, 0) is 9.53 Å². The highest BCUT2D eigenvalue weighted by atomic mass is 79.9. The summed E-state index contributed by atoms with van der Waals surface area (Å²) in [5.41, 5.74) is 1.50. The van der Waals surface area contributed by atoms with Gasteiger partial charge in [-0.1, -0.05) is 63.7 Å². The van der Waals surface area contributed by atoms with Crippen LogP contribution in [0, 0.1) is 0 Å². The average Bonchev–Trinajstić information content (AvgIpc) is 3.22. The monoisotopic (exact) mass is 488 g/mol. The third-order valence-corrected chi connectivity index (χ3v) is 5.61. The Morgan fingerprint density at radius 1 is 1.10 bits per heavy atom. The van der Waals surface area contributed by atoms with E-state index >= 15 is 0 Å². The van der Waals surface area contributed by atoms with Crippen LogP contribution in [0.3, 0.4) is 0 Å². The number of carbonyl (C=O) groups excluding carboxylic acids is 2. The van der Waals surface area contributed by atoms with E-state index in [1.54, 1.807) is 30.2 Å². The molecule has 0 bridgehead atoms. The van der Waals surface area contributed by atoms with Crippen LogP contribution in [-0.4, -0.2) is 53.7 Å². The zero-order valence-electron chi connectivity index (χ0n) is 16.4. The fourth-order valence-electron chi connectivity index (χ4n) is 2.71. The summed E-state index contributed by atoms with van der Waals surface area (Å²) < 4.78 is 5.93.